The van der Waals surface area contributed by atoms with Crippen molar-refractivity contribution in [2.24, 2.45) is 34.3 Å². The minimum Gasteiger partial charge on any atom is -0.462 e. The van der Waals surface area contributed by atoms with Crippen molar-refractivity contribution in [3.05, 3.63) is 44.0 Å². The maximum absolute atomic E-state index is 17.3. The minimum atomic E-state index is -2.17. The summed E-state index contributed by atoms with van der Waals surface area (Å²) in [5, 5.41) is 41.8. The molecule has 10 atom stereocenters. The van der Waals surface area contributed by atoms with Gasteiger partial charge in [-0.2, -0.15) is 0 Å². The number of allylic oxidation sites excluding steroid dienone is 4. The van der Waals surface area contributed by atoms with Gasteiger partial charge in [-0.05, 0) is 56.6 Å². The maximum Gasteiger partial charge on any atom is 0.323 e. The Morgan fingerprint density at radius 2 is 1.83 bits per heavy atom. The highest BCUT2D eigenvalue weighted by Gasteiger charge is 2.75. The number of Topliss-reactive ketones (excluding diaryl/α,β-unsaturated/α-hetero) is 1. The summed E-state index contributed by atoms with van der Waals surface area (Å²) in [6.45, 7) is 2.16. The van der Waals surface area contributed by atoms with Crippen LogP contribution >= 0.6 is 0 Å². The van der Waals surface area contributed by atoms with Crippen molar-refractivity contribution in [2.75, 3.05) is 19.8 Å². The fourth-order valence-electron chi connectivity index (χ4n) is 8.38. The molecule has 0 heterocycles. The van der Waals surface area contributed by atoms with E-state index in [1.807, 2.05) is 0 Å². The molecule has 18 heteroatoms. The van der Waals surface area contributed by atoms with Crippen molar-refractivity contribution in [1.29, 1.82) is 0 Å². The Kier molecular flexibility index (Phi) is 9.81. The summed E-state index contributed by atoms with van der Waals surface area (Å²) in [7, 11) is 0. The van der Waals surface area contributed by atoms with E-state index in [9.17, 15) is 49.6 Å². The van der Waals surface area contributed by atoms with E-state index >= 15 is 4.39 Å². The summed E-state index contributed by atoms with van der Waals surface area (Å²) in [6, 6.07) is -1.66. The smallest absolute Gasteiger partial charge is 0.323 e. The molecule has 4 aliphatic carbocycles. The van der Waals surface area contributed by atoms with Crippen molar-refractivity contribution >= 4 is 23.5 Å². The van der Waals surface area contributed by atoms with Crippen molar-refractivity contribution in [2.45, 2.75) is 82.4 Å². The number of esters is 2. The second-order valence-electron chi connectivity index (χ2n) is 13.2. The van der Waals surface area contributed by atoms with Gasteiger partial charge >= 0.3 is 11.9 Å². The second-order valence-corrected chi connectivity index (χ2v) is 13.2. The number of nitrogens with two attached hydrogens (primary N) is 1. The molecule has 4 rings (SSSR count). The number of ketones is 2. The van der Waals surface area contributed by atoms with Gasteiger partial charge in [0.25, 0.3) is 10.2 Å². The van der Waals surface area contributed by atoms with Crippen LogP contribution in [0.25, 0.3) is 0 Å². The minimum absolute atomic E-state index is 0.248. The Hall–Kier alpha value is -4.03. The average Bonchev–Trinajstić information content (AvgIpc) is 3.19. The van der Waals surface area contributed by atoms with Crippen molar-refractivity contribution < 1.29 is 63.1 Å². The predicted octanol–water partition coefficient (Wildman–Crippen LogP) is 0.492. The van der Waals surface area contributed by atoms with E-state index in [0.29, 0.717) is 12.0 Å². The number of nitrogens with zero attached hydrogens (tertiary/aromatic N) is 2. The number of aliphatic hydroxyl groups is 2. The third-order valence-electron chi connectivity index (χ3n) is 10.7. The molecule has 47 heavy (non-hydrogen) atoms. The highest BCUT2D eigenvalue weighted by atomic mass is 19.1. The van der Waals surface area contributed by atoms with Gasteiger partial charge in [0, 0.05) is 16.7 Å². The van der Waals surface area contributed by atoms with Crippen LogP contribution in [0.2, 0.25) is 0 Å². The van der Waals surface area contributed by atoms with Gasteiger partial charge in [-0.3, -0.25) is 19.2 Å². The van der Waals surface area contributed by atoms with E-state index in [0.717, 1.165) is 0 Å². The molecular formula is C29H38FN3O14. The first-order valence-corrected chi connectivity index (χ1v) is 15.0. The lowest BCUT2D eigenvalue weighted by Gasteiger charge is -2.62. The molecule has 3 fully saturated rings. The normalized spacial score (nSPS) is 36.8. The molecule has 0 aromatic carbocycles. The predicted molar refractivity (Wildman–Crippen MR) is 152 cm³/mol. The monoisotopic (exact) mass is 671 g/mol. The number of carbonyl (C=O) groups excluding carboxylic acids is 4. The molecular weight excluding hydrogens is 633 g/mol. The fraction of sp³-hybridized carbons (Fsp3) is 0.724. The van der Waals surface area contributed by atoms with Crippen LogP contribution in [0.5, 0.6) is 0 Å². The highest BCUT2D eigenvalue weighted by molar-refractivity contribution is 6.01. The number of rotatable bonds is 13. The molecule has 0 radical (unpaired) electrons. The highest BCUT2D eigenvalue weighted by Crippen LogP contribution is 2.70. The Labute approximate surface area is 267 Å². The van der Waals surface area contributed by atoms with Crippen LogP contribution in [0.4, 0.5) is 4.39 Å². The number of hydrogen-bond donors (Lipinski definition) is 3. The Balaban J connectivity index is 1.39. The summed E-state index contributed by atoms with van der Waals surface area (Å²) >= 11 is 0. The molecule has 0 bridgehead atoms. The van der Waals surface area contributed by atoms with Gasteiger partial charge in [-0.15, -0.1) is 20.2 Å². The number of alkyl halides is 1. The average molecular weight is 672 g/mol. The van der Waals surface area contributed by atoms with E-state index in [-0.39, 0.29) is 25.0 Å². The largest absolute Gasteiger partial charge is 0.462 e. The van der Waals surface area contributed by atoms with Gasteiger partial charge in [0.15, 0.2) is 24.2 Å². The second kappa shape index (κ2) is 12.9. The molecule has 0 saturated heterocycles. The quantitative estimate of drug-likeness (QED) is 0.137. The number of hydrogen-bond acceptors (Lipinski definition) is 15. The zero-order valence-electron chi connectivity index (χ0n) is 26.0. The lowest BCUT2D eigenvalue weighted by Crippen LogP contribution is -2.69. The van der Waals surface area contributed by atoms with Crippen molar-refractivity contribution in [3.8, 4) is 0 Å². The van der Waals surface area contributed by atoms with E-state index in [2.05, 4.69) is 9.68 Å². The Bertz CT molecular complexity index is 1410. The third-order valence-corrected chi connectivity index (χ3v) is 10.7. The van der Waals surface area contributed by atoms with Crippen LogP contribution in [0.1, 0.15) is 52.9 Å². The van der Waals surface area contributed by atoms with Crippen LogP contribution in [0.3, 0.4) is 0 Å². The van der Waals surface area contributed by atoms with Crippen molar-refractivity contribution in [1.82, 2.24) is 0 Å². The Morgan fingerprint density at radius 3 is 2.47 bits per heavy atom. The summed E-state index contributed by atoms with van der Waals surface area (Å²) in [6.07, 6.45) is 0.790. The molecule has 17 nitrogen and oxygen atoms in total. The summed E-state index contributed by atoms with van der Waals surface area (Å²) in [4.78, 5) is 79.3. The zero-order chi connectivity index (χ0) is 35.1. The van der Waals surface area contributed by atoms with Gasteiger partial charge in [0.1, 0.15) is 24.9 Å². The van der Waals surface area contributed by atoms with Gasteiger partial charge in [-0.25, -0.2) is 4.39 Å². The number of aliphatic hydroxyl groups excluding tert-OH is 1. The first-order valence-electron chi connectivity index (χ1n) is 15.0. The number of fused-ring (bicyclic) bond motifs is 5. The molecule has 2 unspecified atom stereocenters. The molecule has 0 amide bonds. The van der Waals surface area contributed by atoms with E-state index < -0.39 is 112 Å². The molecule has 4 aliphatic rings. The molecule has 0 aliphatic heterocycles. The summed E-state index contributed by atoms with van der Waals surface area (Å²) in [5.41, 5.74) is -0.598. The van der Waals surface area contributed by atoms with Gasteiger partial charge in [0.2, 0.25) is 5.78 Å². The standard InChI is InChI=1S/C29H38FN3O14/c1-15-8-20-19-5-4-16-9-17(34)6-7-26(16,2)28(19,30)22(35)11-27(20,3)29(15,39)23(36)14-44-24(37)10-21(31)25(38)45-12-18(47-33(42)43)13-46-32(40)41/h6-7,9,15,18-22,35,39H,4-5,8,10-14,31H2,1-3H3/t15-,18?,19+,20+,21?,22+,26+,27+,28+,29+/m1/s1. The number of halogens is 1. The molecule has 0 spiro atoms. The van der Waals surface area contributed by atoms with Crippen LogP contribution in [-0.2, 0) is 38.3 Å². The van der Waals surface area contributed by atoms with Crippen LogP contribution in [0.15, 0.2) is 23.8 Å². The van der Waals surface area contributed by atoms with Gasteiger partial charge in [-0.1, -0.05) is 25.5 Å². The number of ether oxygens (including phenoxy) is 2. The summed E-state index contributed by atoms with van der Waals surface area (Å²) < 4.78 is 27.1. The molecule has 4 N–H and O–H groups in total. The van der Waals surface area contributed by atoms with Crippen LogP contribution < -0.4 is 5.73 Å². The zero-order valence-corrected chi connectivity index (χ0v) is 26.0. The first kappa shape index (κ1) is 35.8. The van der Waals surface area contributed by atoms with E-state index in [4.69, 9.17) is 15.2 Å². The lowest BCUT2D eigenvalue weighted by molar-refractivity contribution is -0.790. The maximum atomic E-state index is 17.3. The molecule has 260 valence electrons. The lowest BCUT2D eigenvalue weighted by atomic mass is 9.44. The summed E-state index contributed by atoms with van der Waals surface area (Å²) in [5.74, 6) is -5.51. The van der Waals surface area contributed by atoms with Crippen LogP contribution in [-0.4, -0.2) is 93.2 Å². The van der Waals surface area contributed by atoms with Gasteiger partial charge < -0.3 is 35.1 Å². The first-order chi connectivity index (χ1) is 21.8. The molecule has 0 aromatic rings. The third kappa shape index (κ3) is 6.09. The van der Waals surface area contributed by atoms with E-state index in [1.165, 1.54) is 18.2 Å². The molecule has 0 aromatic heterocycles. The topological polar surface area (TPSA) is 258 Å². The van der Waals surface area contributed by atoms with Crippen LogP contribution in [0, 0.1) is 48.8 Å². The number of carbonyl (C=O) groups is 4. The Morgan fingerprint density at radius 1 is 1.15 bits per heavy atom. The SMILES string of the molecule is C[C@@H]1C[C@H]2[C@@H]3CCC4=CC(=O)C=C[C@]4(C)[C@@]3(F)[C@@H](O)C[C@]2(C)[C@@]1(O)C(=O)COC(=O)CC(N)C(=O)OCC(CO[N+](=O)[O-])O[N+](=O)[O-]. The van der Waals surface area contributed by atoms with Gasteiger partial charge in [0.05, 0.1) is 12.5 Å². The fourth-order valence-corrected chi connectivity index (χ4v) is 8.38. The van der Waals surface area contributed by atoms with Crippen molar-refractivity contribution in [3.63, 3.8) is 0 Å². The molecule has 3 saturated carbocycles. The van der Waals surface area contributed by atoms with E-state index in [1.54, 1.807) is 20.8 Å².